The number of halogens is 1. The van der Waals surface area contributed by atoms with Gasteiger partial charge in [-0.15, -0.1) is 0 Å². The lowest BCUT2D eigenvalue weighted by Gasteiger charge is -2.12. The lowest BCUT2D eigenvalue weighted by Crippen LogP contribution is -2.14. The normalized spacial score (nSPS) is 10.8. The molecule has 1 amide bonds. The van der Waals surface area contributed by atoms with Crippen molar-refractivity contribution in [2.75, 3.05) is 5.32 Å². The number of aromatic nitrogens is 3. The van der Waals surface area contributed by atoms with Gasteiger partial charge in [0.1, 0.15) is 5.75 Å². The Morgan fingerprint density at radius 2 is 2.04 bits per heavy atom. The van der Waals surface area contributed by atoms with Crippen LogP contribution in [0, 0.1) is 6.92 Å². The SMILES string of the molecule is Cc1nc(COc2ccccc2C(=O)Nc2ccc(Cl)c3ncccc23)no1. The molecule has 0 aliphatic rings. The molecular weight excluding hydrogens is 380 g/mol. The monoisotopic (exact) mass is 394 g/mol. The van der Waals surface area contributed by atoms with E-state index < -0.39 is 0 Å². The Morgan fingerprint density at radius 1 is 1.18 bits per heavy atom. The molecule has 0 bridgehead atoms. The molecule has 28 heavy (non-hydrogen) atoms. The third-order valence-electron chi connectivity index (χ3n) is 4.03. The quantitative estimate of drug-likeness (QED) is 0.539. The van der Waals surface area contributed by atoms with Crippen LogP contribution in [0.2, 0.25) is 5.02 Å². The van der Waals surface area contributed by atoms with E-state index in [2.05, 4.69) is 20.4 Å². The zero-order valence-electron chi connectivity index (χ0n) is 14.8. The summed E-state index contributed by atoms with van der Waals surface area (Å²) in [4.78, 5) is 21.2. The van der Waals surface area contributed by atoms with E-state index in [4.69, 9.17) is 20.9 Å². The lowest BCUT2D eigenvalue weighted by atomic mass is 10.1. The van der Waals surface area contributed by atoms with Gasteiger partial charge in [0.15, 0.2) is 6.61 Å². The molecule has 0 fully saturated rings. The van der Waals surface area contributed by atoms with Crippen molar-refractivity contribution in [2.24, 2.45) is 0 Å². The van der Waals surface area contributed by atoms with E-state index >= 15 is 0 Å². The minimum Gasteiger partial charge on any atom is -0.485 e. The fourth-order valence-corrected chi connectivity index (χ4v) is 2.97. The Labute approximate surface area is 165 Å². The molecule has 7 nitrogen and oxygen atoms in total. The van der Waals surface area contributed by atoms with Crippen molar-refractivity contribution in [1.82, 2.24) is 15.1 Å². The summed E-state index contributed by atoms with van der Waals surface area (Å²) in [5, 5.41) is 7.96. The maximum Gasteiger partial charge on any atom is 0.259 e. The average molecular weight is 395 g/mol. The molecule has 1 N–H and O–H groups in total. The van der Waals surface area contributed by atoms with Crippen molar-refractivity contribution < 1.29 is 14.1 Å². The van der Waals surface area contributed by atoms with Gasteiger partial charge in [-0.05, 0) is 36.4 Å². The van der Waals surface area contributed by atoms with E-state index in [0.29, 0.717) is 39.3 Å². The molecule has 2 heterocycles. The number of ether oxygens (including phenoxy) is 1. The van der Waals surface area contributed by atoms with Crippen LogP contribution in [-0.4, -0.2) is 21.0 Å². The van der Waals surface area contributed by atoms with Gasteiger partial charge in [0.2, 0.25) is 11.7 Å². The van der Waals surface area contributed by atoms with Crippen molar-refractivity contribution in [1.29, 1.82) is 0 Å². The molecule has 0 aliphatic heterocycles. The Hall–Kier alpha value is -3.45. The molecule has 0 saturated heterocycles. The number of hydrogen-bond donors (Lipinski definition) is 1. The van der Waals surface area contributed by atoms with Crippen LogP contribution in [0.3, 0.4) is 0 Å². The van der Waals surface area contributed by atoms with Crippen molar-refractivity contribution in [2.45, 2.75) is 13.5 Å². The second kappa shape index (κ2) is 7.66. The number of nitrogens with one attached hydrogen (secondary N) is 1. The van der Waals surface area contributed by atoms with Gasteiger partial charge >= 0.3 is 0 Å². The number of rotatable bonds is 5. The lowest BCUT2D eigenvalue weighted by molar-refractivity contribution is 0.102. The average Bonchev–Trinajstić information content (AvgIpc) is 3.14. The van der Waals surface area contributed by atoms with E-state index in [1.54, 1.807) is 55.6 Å². The van der Waals surface area contributed by atoms with Gasteiger partial charge < -0.3 is 14.6 Å². The highest BCUT2D eigenvalue weighted by Gasteiger charge is 2.15. The Kier molecular flexibility index (Phi) is 4.90. The molecule has 0 spiro atoms. The number of amides is 1. The third kappa shape index (κ3) is 3.65. The zero-order chi connectivity index (χ0) is 19.5. The number of carbonyl (C=O) groups excluding carboxylic acids is 1. The predicted octanol–water partition coefficient (Wildman–Crippen LogP) is 4.41. The summed E-state index contributed by atoms with van der Waals surface area (Å²) in [6, 6.07) is 14.0. The highest BCUT2D eigenvalue weighted by atomic mass is 35.5. The van der Waals surface area contributed by atoms with Crippen LogP contribution >= 0.6 is 11.6 Å². The van der Waals surface area contributed by atoms with Gasteiger partial charge in [0, 0.05) is 18.5 Å². The summed E-state index contributed by atoms with van der Waals surface area (Å²) in [6.45, 7) is 1.79. The van der Waals surface area contributed by atoms with E-state index in [1.807, 2.05) is 6.07 Å². The molecule has 2 aromatic heterocycles. The first-order valence-corrected chi connectivity index (χ1v) is 8.85. The van der Waals surface area contributed by atoms with Crippen LogP contribution in [0.15, 0.2) is 59.3 Å². The molecule has 0 saturated carbocycles. The first-order valence-electron chi connectivity index (χ1n) is 8.47. The second-order valence-electron chi connectivity index (χ2n) is 5.96. The highest BCUT2D eigenvalue weighted by Crippen LogP contribution is 2.29. The Bertz CT molecular complexity index is 1160. The molecule has 2 aromatic carbocycles. The summed E-state index contributed by atoms with van der Waals surface area (Å²) in [7, 11) is 0. The van der Waals surface area contributed by atoms with Crippen molar-refractivity contribution in [3.63, 3.8) is 0 Å². The summed E-state index contributed by atoms with van der Waals surface area (Å²) in [5.74, 6) is 0.960. The van der Waals surface area contributed by atoms with Crippen molar-refractivity contribution >= 4 is 34.1 Å². The second-order valence-corrected chi connectivity index (χ2v) is 6.37. The van der Waals surface area contributed by atoms with Gasteiger partial charge in [0.05, 0.1) is 21.8 Å². The van der Waals surface area contributed by atoms with E-state index in [9.17, 15) is 4.79 Å². The van der Waals surface area contributed by atoms with Crippen molar-refractivity contribution in [3.8, 4) is 5.75 Å². The number of benzene rings is 2. The van der Waals surface area contributed by atoms with E-state index in [-0.39, 0.29) is 12.5 Å². The maximum atomic E-state index is 12.9. The van der Waals surface area contributed by atoms with Crippen LogP contribution in [-0.2, 0) is 6.61 Å². The Morgan fingerprint density at radius 3 is 2.86 bits per heavy atom. The molecule has 8 heteroatoms. The standard InChI is InChI=1S/C20H15ClN4O3/c1-12-23-18(25-28-12)11-27-17-7-3-2-5-14(17)20(26)24-16-9-8-15(21)19-13(16)6-4-10-22-19/h2-10H,11H2,1H3,(H,24,26). The Balaban J connectivity index is 1.58. The van der Waals surface area contributed by atoms with Crippen LogP contribution in [0.5, 0.6) is 5.75 Å². The largest absolute Gasteiger partial charge is 0.485 e. The van der Waals surface area contributed by atoms with Crippen molar-refractivity contribution in [3.05, 3.63) is 77.0 Å². The molecule has 0 aliphatic carbocycles. The predicted molar refractivity (Wildman–Crippen MR) is 105 cm³/mol. The summed E-state index contributed by atoms with van der Waals surface area (Å²) >= 11 is 6.19. The van der Waals surface area contributed by atoms with Crippen LogP contribution in [0.1, 0.15) is 22.1 Å². The van der Waals surface area contributed by atoms with Gasteiger partial charge in [-0.25, -0.2) is 0 Å². The van der Waals surface area contributed by atoms with Gasteiger partial charge in [-0.2, -0.15) is 4.98 Å². The van der Waals surface area contributed by atoms with E-state index in [0.717, 1.165) is 5.39 Å². The van der Waals surface area contributed by atoms with Crippen LogP contribution in [0.25, 0.3) is 10.9 Å². The highest BCUT2D eigenvalue weighted by molar-refractivity contribution is 6.35. The number of hydrogen-bond acceptors (Lipinski definition) is 6. The van der Waals surface area contributed by atoms with Crippen LogP contribution < -0.4 is 10.1 Å². The number of pyridine rings is 1. The molecule has 4 aromatic rings. The number of para-hydroxylation sites is 1. The topological polar surface area (TPSA) is 90.1 Å². The van der Waals surface area contributed by atoms with Gasteiger partial charge in [-0.3, -0.25) is 9.78 Å². The number of nitrogens with zero attached hydrogens (tertiary/aromatic N) is 3. The molecule has 4 rings (SSSR count). The molecular formula is C20H15ClN4O3. The maximum absolute atomic E-state index is 12.9. The van der Waals surface area contributed by atoms with Crippen LogP contribution in [0.4, 0.5) is 5.69 Å². The fourth-order valence-electron chi connectivity index (χ4n) is 2.76. The smallest absolute Gasteiger partial charge is 0.259 e. The number of anilines is 1. The molecule has 0 atom stereocenters. The summed E-state index contributed by atoms with van der Waals surface area (Å²) in [6.07, 6.45) is 1.66. The minimum atomic E-state index is -0.313. The van der Waals surface area contributed by atoms with E-state index in [1.165, 1.54) is 0 Å². The molecule has 0 radical (unpaired) electrons. The van der Waals surface area contributed by atoms with Gasteiger partial charge in [-0.1, -0.05) is 28.9 Å². The summed E-state index contributed by atoms with van der Waals surface area (Å²) < 4.78 is 10.6. The fraction of sp³-hybridized carbons (Fsp3) is 0.100. The molecule has 140 valence electrons. The summed E-state index contributed by atoms with van der Waals surface area (Å²) in [5.41, 5.74) is 1.62. The number of fused-ring (bicyclic) bond motifs is 1. The first kappa shape index (κ1) is 17.9. The molecule has 0 unspecified atom stereocenters. The zero-order valence-corrected chi connectivity index (χ0v) is 15.6. The third-order valence-corrected chi connectivity index (χ3v) is 4.33. The first-order chi connectivity index (χ1) is 13.6. The number of carbonyl (C=O) groups is 1. The number of aryl methyl sites for hydroxylation is 1. The minimum absolute atomic E-state index is 0.0927. The van der Waals surface area contributed by atoms with Gasteiger partial charge in [0.25, 0.3) is 5.91 Å².